The molecule has 0 N–H and O–H groups in total. The molecule has 1 aromatic carbocycles. The number of para-hydroxylation sites is 1. The second-order valence-electron chi connectivity index (χ2n) is 3.57. The minimum atomic E-state index is 0.244. The van der Waals surface area contributed by atoms with Crippen LogP contribution >= 0.6 is 0 Å². The van der Waals surface area contributed by atoms with Crippen molar-refractivity contribution in [2.45, 2.75) is 18.9 Å². The molecule has 0 radical (unpaired) electrons. The number of benzene rings is 1. The third-order valence-electron chi connectivity index (χ3n) is 2.50. The van der Waals surface area contributed by atoms with Crippen molar-refractivity contribution in [1.82, 2.24) is 0 Å². The van der Waals surface area contributed by atoms with Crippen molar-refractivity contribution >= 4 is 0 Å². The molecule has 2 rings (SSSR count). The highest BCUT2D eigenvalue weighted by Gasteiger charge is 2.16. The van der Waals surface area contributed by atoms with Gasteiger partial charge in [-0.05, 0) is 12.1 Å². The molecule has 0 bridgehead atoms. The minimum Gasteiger partial charge on any atom is -0.489 e. The maximum atomic E-state index is 5.85. The Morgan fingerprint density at radius 2 is 2.00 bits per heavy atom. The predicted molar refractivity (Wildman–Crippen MR) is 58.8 cm³/mol. The van der Waals surface area contributed by atoms with Gasteiger partial charge in [-0.15, -0.1) is 6.42 Å². The Labute approximate surface area is 90.2 Å². The van der Waals surface area contributed by atoms with Gasteiger partial charge in [-0.3, -0.25) is 0 Å². The van der Waals surface area contributed by atoms with E-state index in [1.807, 2.05) is 24.3 Å². The molecule has 1 fully saturated rings. The number of rotatable bonds is 2. The highest BCUT2D eigenvalue weighted by molar-refractivity contribution is 5.44. The van der Waals surface area contributed by atoms with E-state index in [0.717, 1.165) is 37.4 Å². The zero-order valence-corrected chi connectivity index (χ0v) is 8.61. The van der Waals surface area contributed by atoms with Crippen LogP contribution in [0.1, 0.15) is 18.4 Å². The molecule has 2 nitrogen and oxygen atoms in total. The van der Waals surface area contributed by atoms with Crippen molar-refractivity contribution < 1.29 is 9.47 Å². The zero-order valence-electron chi connectivity index (χ0n) is 8.61. The van der Waals surface area contributed by atoms with Crippen LogP contribution in [0.3, 0.4) is 0 Å². The van der Waals surface area contributed by atoms with Gasteiger partial charge < -0.3 is 9.47 Å². The highest BCUT2D eigenvalue weighted by atomic mass is 16.5. The summed E-state index contributed by atoms with van der Waals surface area (Å²) in [5.74, 6) is 3.44. The lowest BCUT2D eigenvalue weighted by Gasteiger charge is -2.23. The van der Waals surface area contributed by atoms with Gasteiger partial charge in [-0.1, -0.05) is 18.1 Å². The Bertz CT molecular complexity index is 359. The van der Waals surface area contributed by atoms with Crippen LogP contribution in [0.5, 0.6) is 5.75 Å². The molecule has 0 atom stereocenters. The summed E-state index contributed by atoms with van der Waals surface area (Å²) in [5, 5.41) is 0. The Hall–Kier alpha value is -1.46. The van der Waals surface area contributed by atoms with E-state index in [0.29, 0.717) is 0 Å². The van der Waals surface area contributed by atoms with Gasteiger partial charge in [0.15, 0.2) is 0 Å². The van der Waals surface area contributed by atoms with Crippen LogP contribution in [0.2, 0.25) is 0 Å². The van der Waals surface area contributed by atoms with Crippen molar-refractivity contribution in [2.24, 2.45) is 0 Å². The summed E-state index contributed by atoms with van der Waals surface area (Å²) in [6.45, 7) is 1.56. The summed E-state index contributed by atoms with van der Waals surface area (Å²) in [5.41, 5.74) is 0.823. The van der Waals surface area contributed by atoms with Crippen LogP contribution < -0.4 is 4.74 Å². The quantitative estimate of drug-likeness (QED) is 0.685. The number of terminal acetylenes is 1. The van der Waals surface area contributed by atoms with Gasteiger partial charge >= 0.3 is 0 Å². The molecular formula is C13H14O2. The third-order valence-corrected chi connectivity index (χ3v) is 2.50. The molecule has 0 saturated carbocycles. The molecule has 0 aromatic heterocycles. The second kappa shape index (κ2) is 4.86. The molecular weight excluding hydrogens is 188 g/mol. The van der Waals surface area contributed by atoms with Crippen molar-refractivity contribution in [1.29, 1.82) is 0 Å². The minimum absolute atomic E-state index is 0.244. The topological polar surface area (TPSA) is 18.5 Å². The Balaban J connectivity index is 2.06. The first-order chi connectivity index (χ1) is 7.40. The molecule has 1 aliphatic rings. The first kappa shape index (κ1) is 10.1. The zero-order chi connectivity index (χ0) is 10.5. The van der Waals surface area contributed by atoms with Crippen LogP contribution in [0.4, 0.5) is 0 Å². The summed E-state index contributed by atoms with van der Waals surface area (Å²) >= 11 is 0. The van der Waals surface area contributed by atoms with Crippen molar-refractivity contribution in [3.63, 3.8) is 0 Å². The first-order valence-corrected chi connectivity index (χ1v) is 5.20. The average molecular weight is 202 g/mol. The van der Waals surface area contributed by atoms with Gasteiger partial charge in [0.25, 0.3) is 0 Å². The fraction of sp³-hybridized carbons (Fsp3) is 0.385. The summed E-state index contributed by atoms with van der Waals surface area (Å²) in [6.07, 6.45) is 7.53. The molecule has 0 amide bonds. The van der Waals surface area contributed by atoms with Gasteiger partial charge in [0.1, 0.15) is 11.9 Å². The van der Waals surface area contributed by atoms with E-state index < -0.39 is 0 Å². The van der Waals surface area contributed by atoms with Crippen molar-refractivity contribution in [3.8, 4) is 18.1 Å². The highest BCUT2D eigenvalue weighted by Crippen LogP contribution is 2.21. The maximum Gasteiger partial charge on any atom is 0.135 e. The smallest absolute Gasteiger partial charge is 0.135 e. The Kier molecular flexibility index (Phi) is 3.26. The van der Waals surface area contributed by atoms with E-state index in [2.05, 4.69) is 5.92 Å². The summed E-state index contributed by atoms with van der Waals surface area (Å²) in [6, 6.07) is 7.68. The molecule has 1 aliphatic heterocycles. The van der Waals surface area contributed by atoms with E-state index in [4.69, 9.17) is 15.9 Å². The summed E-state index contributed by atoms with van der Waals surface area (Å²) < 4.78 is 11.1. The molecule has 1 heterocycles. The molecule has 0 spiro atoms. The average Bonchev–Trinajstić information content (AvgIpc) is 2.31. The number of hydrogen-bond acceptors (Lipinski definition) is 2. The van der Waals surface area contributed by atoms with Gasteiger partial charge in [0.2, 0.25) is 0 Å². The molecule has 78 valence electrons. The molecule has 2 heteroatoms. The normalized spacial score (nSPS) is 17.0. The van der Waals surface area contributed by atoms with E-state index in [1.165, 1.54) is 0 Å². The van der Waals surface area contributed by atoms with Crippen molar-refractivity contribution in [3.05, 3.63) is 29.8 Å². The maximum absolute atomic E-state index is 5.85. The fourth-order valence-electron chi connectivity index (χ4n) is 1.66. The van der Waals surface area contributed by atoms with E-state index in [-0.39, 0.29) is 6.10 Å². The fourth-order valence-corrected chi connectivity index (χ4v) is 1.66. The number of ether oxygens (including phenoxy) is 2. The Morgan fingerprint density at radius 3 is 2.73 bits per heavy atom. The summed E-state index contributed by atoms with van der Waals surface area (Å²) in [7, 11) is 0. The van der Waals surface area contributed by atoms with Gasteiger partial charge in [-0.25, -0.2) is 0 Å². The van der Waals surface area contributed by atoms with Crippen LogP contribution in [0, 0.1) is 12.3 Å². The summed E-state index contributed by atoms with van der Waals surface area (Å²) in [4.78, 5) is 0. The van der Waals surface area contributed by atoms with E-state index in [9.17, 15) is 0 Å². The predicted octanol–water partition coefficient (Wildman–Crippen LogP) is 2.23. The van der Waals surface area contributed by atoms with Crippen LogP contribution in [-0.2, 0) is 4.74 Å². The molecule has 15 heavy (non-hydrogen) atoms. The van der Waals surface area contributed by atoms with Gasteiger partial charge in [0, 0.05) is 12.8 Å². The molecule has 1 saturated heterocycles. The standard InChI is InChI=1S/C13H14O2/c1-2-11-5-3-4-6-13(11)15-12-7-9-14-10-8-12/h1,3-6,12H,7-10H2. The third kappa shape index (κ3) is 2.51. The van der Waals surface area contributed by atoms with Crippen LogP contribution in [0.15, 0.2) is 24.3 Å². The van der Waals surface area contributed by atoms with Gasteiger partial charge in [-0.2, -0.15) is 0 Å². The van der Waals surface area contributed by atoms with Crippen LogP contribution in [0.25, 0.3) is 0 Å². The van der Waals surface area contributed by atoms with Gasteiger partial charge in [0.05, 0.1) is 18.8 Å². The lowest BCUT2D eigenvalue weighted by Crippen LogP contribution is -2.26. The molecule has 0 unspecified atom stereocenters. The van der Waals surface area contributed by atoms with E-state index >= 15 is 0 Å². The molecule has 1 aromatic rings. The lowest BCUT2D eigenvalue weighted by atomic mass is 10.1. The van der Waals surface area contributed by atoms with Crippen LogP contribution in [-0.4, -0.2) is 19.3 Å². The SMILES string of the molecule is C#Cc1ccccc1OC1CCOCC1. The number of hydrogen-bond donors (Lipinski definition) is 0. The van der Waals surface area contributed by atoms with E-state index in [1.54, 1.807) is 0 Å². The van der Waals surface area contributed by atoms with Crippen molar-refractivity contribution in [2.75, 3.05) is 13.2 Å². The largest absolute Gasteiger partial charge is 0.489 e. The first-order valence-electron chi connectivity index (χ1n) is 5.20. The molecule has 0 aliphatic carbocycles. The second-order valence-corrected chi connectivity index (χ2v) is 3.57. The monoisotopic (exact) mass is 202 g/mol. The Morgan fingerprint density at radius 1 is 1.27 bits per heavy atom. The lowest BCUT2D eigenvalue weighted by molar-refractivity contribution is 0.0254.